The van der Waals surface area contributed by atoms with Gasteiger partial charge in [-0.15, -0.1) is 5.10 Å². The molecule has 0 saturated carbocycles. The Morgan fingerprint density at radius 2 is 2.18 bits per heavy atom. The van der Waals surface area contributed by atoms with Crippen LogP contribution < -0.4 is 5.73 Å². The average molecular weight is 228 g/mol. The summed E-state index contributed by atoms with van der Waals surface area (Å²) in [5, 5.41) is 7.94. The topological polar surface area (TPSA) is 86.4 Å². The lowest BCUT2D eigenvalue weighted by Gasteiger charge is -1.92. The number of primary amides is 1. The number of carbonyl (C=O) groups excluding carboxylic acids is 1. The minimum Gasteiger partial charge on any atom is -0.449 e. The summed E-state index contributed by atoms with van der Waals surface area (Å²) >= 11 is 0. The maximum atomic E-state index is 10.9. The van der Waals surface area contributed by atoms with E-state index in [2.05, 4.69) is 10.3 Å². The highest BCUT2D eigenvalue weighted by Gasteiger charge is 2.14. The van der Waals surface area contributed by atoms with Crippen molar-refractivity contribution in [1.29, 1.82) is 0 Å². The molecule has 0 aliphatic carbocycles. The Morgan fingerprint density at radius 1 is 1.29 bits per heavy atom. The number of hydrogen-bond donors (Lipinski definition) is 1. The van der Waals surface area contributed by atoms with Crippen molar-refractivity contribution >= 4 is 11.4 Å². The Hall–Kier alpha value is -2.63. The molecule has 0 bridgehead atoms. The summed E-state index contributed by atoms with van der Waals surface area (Å²) in [6, 6.07) is 8.76. The first-order valence-corrected chi connectivity index (χ1v) is 4.96. The van der Waals surface area contributed by atoms with Crippen molar-refractivity contribution in [3.63, 3.8) is 0 Å². The average Bonchev–Trinajstić information content (AvgIpc) is 2.95. The highest BCUT2D eigenvalue weighted by Crippen LogP contribution is 2.23. The first-order chi connectivity index (χ1) is 8.25. The molecule has 6 heteroatoms. The van der Waals surface area contributed by atoms with E-state index in [4.69, 9.17) is 10.2 Å². The molecular weight excluding hydrogens is 220 g/mol. The fraction of sp³-hybridized carbons (Fsp3) is 0. The van der Waals surface area contributed by atoms with Crippen LogP contribution in [0.1, 0.15) is 10.6 Å². The highest BCUT2D eigenvalue weighted by molar-refractivity contribution is 5.90. The molecule has 2 N–H and O–H groups in total. The van der Waals surface area contributed by atoms with Gasteiger partial charge in [0.05, 0.1) is 5.52 Å². The van der Waals surface area contributed by atoms with E-state index < -0.39 is 5.91 Å². The van der Waals surface area contributed by atoms with Crippen LogP contribution in [-0.2, 0) is 0 Å². The number of furan rings is 1. The van der Waals surface area contributed by atoms with Gasteiger partial charge in [-0.05, 0) is 24.3 Å². The first-order valence-electron chi connectivity index (χ1n) is 4.96. The molecule has 0 saturated heterocycles. The van der Waals surface area contributed by atoms with E-state index in [0.717, 1.165) is 5.52 Å². The molecule has 0 aliphatic rings. The predicted octanol–water partition coefficient (Wildman–Crippen LogP) is 1.09. The fourth-order valence-electron chi connectivity index (χ4n) is 1.62. The van der Waals surface area contributed by atoms with Gasteiger partial charge in [-0.25, -0.2) is 4.52 Å². The number of nitrogens with two attached hydrogens (primary N) is 1. The zero-order valence-corrected chi connectivity index (χ0v) is 8.70. The lowest BCUT2D eigenvalue weighted by molar-refractivity contribution is 0.0974. The third-order valence-electron chi connectivity index (χ3n) is 2.41. The fourth-order valence-corrected chi connectivity index (χ4v) is 1.62. The molecular formula is C11H8N4O2. The molecule has 0 aromatic carbocycles. The molecule has 3 aromatic rings. The van der Waals surface area contributed by atoms with Crippen LogP contribution in [0.15, 0.2) is 40.9 Å². The van der Waals surface area contributed by atoms with Gasteiger partial charge in [0.2, 0.25) is 0 Å². The van der Waals surface area contributed by atoms with Crippen molar-refractivity contribution < 1.29 is 9.21 Å². The number of fused-ring (bicyclic) bond motifs is 1. The van der Waals surface area contributed by atoms with E-state index in [9.17, 15) is 4.79 Å². The normalized spacial score (nSPS) is 10.8. The van der Waals surface area contributed by atoms with Gasteiger partial charge in [0, 0.05) is 6.20 Å². The molecule has 0 unspecified atom stereocenters. The third kappa shape index (κ3) is 1.46. The second-order valence-electron chi connectivity index (χ2n) is 3.50. The van der Waals surface area contributed by atoms with Gasteiger partial charge in [0.15, 0.2) is 17.2 Å². The summed E-state index contributed by atoms with van der Waals surface area (Å²) in [4.78, 5) is 10.9. The monoisotopic (exact) mass is 228 g/mol. The van der Waals surface area contributed by atoms with Crippen molar-refractivity contribution in [3.05, 3.63) is 42.3 Å². The second kappa shape index (κ2) is 3.44. The zero-order valence-electron chi connectivity index (χ0n) is 8.70. The Kier molecular flexibility index (Phi) is 1.94. The molecule has 0 fully saturated rings. The van der Waals surface area contributed by atoms with Gasteiger partial charge in [-0.3, -0.25) is 4.79 Å². The molecule has 0 radical (unpaired) electrons. The molecule has 6 nitrogen and oxygen atoms in total. The number of pyridine rings is 1. The number of aromatic nitrogens is 3. The molecule has 3 rings (SSSR count). The lowest BCUT2D eigenvalue weighted by atomic mass is 10.3. The maximum Gasteiger partial charge on any atom is 0.284 e. The predicted molar refractivity (Wildman–Crippen MR) is 59.2 cm³/mol. The quantitative estimate of drug-likeness (QED) is 0.711. The smallest absolute Gasteiger partial charge is 0.284 e. The van der Waals surface area contributed by atoms with E-state index in [1.165, 1.54) is 6.07 Å². The number of hydrogen-bond acceptors (Lipinski definition) is 4. The number of nitrogens with zero attached hydrogens (tertiary/aromatic N) is 3. The summed E-state index contributed by atoms with van der Waals surface area (Å²) in [6.07, 6.45) is 1.78. The summed E-state index contributed by atoms with van der Waals surface area (Å²) in [5.74, 6) is -0.0233. The summed E-state index contributed by atoms with van der Waals surface area (Å²) in [6.45, 7) is 0. The number of carbonyl (C=O) groups is 1. The van der Waals surface area contributed by atoms with Crippen LogP contribution in [0.4, 0.5) is 0 Å². The Morgan fingerprint density at radius 3 is 2.94 bits per heavy atom. The molecule has 3 aromatic heterocycles. The van der Waals surface area contributed by atoms with Gasteiger partial charge in [0.25, 0.3) is 5.91 Å². The lowest BCUT2D eigenvalue weighted by Crippen LogP contribution is -2.09. The van der Waals surface area contributed by atoms with Crippen molar-refractivity contribution in [2.45, 2.75) is 0 Å². The van der Waals surface area contributed by atoms with Crippen LogP contribution >= 0.6 is 0 Å². The maximum absolute atomic E-state index is 10.9. The Labute approximate surface area is 95.6 Å². The summed E-state index contributed by atoms with van der Waals surface area (Å²) in [7, 11) is 0. The first kappa shape index (κ1) is 9.59. The summed E-state index contributed by atoms with van der Waals surface area (Å²) in [5.41, 5.74) is 6.50. The van der Waals surface area contributed by atoms with Crippen LogP contribution in [0.25, 0.3) is 17.0 Å². The van der Waals surface area contributed by atoms with E-state index in [-0.39, 0.29) is 5.76 Å². The van der Waals surface area contributed by atoms with E-state index >= 15 is 0 Å². The Balaban J connectivity index is 2.17. The molecule has 84 valence electrons. The molecule has 0 atom stereocenters. The van der Waals surface area contributed by atoms with Crippen molar-refractivity contribution in [3.8, 4) is 11.5 Å². The molecule has 1 amide bonds. The van der Waals surface area contributed by atoms with Crippen LogP contribution in [0.3, 0.4) is 0 Å². The third-order valence-corrected chi connectivity index (χ3v) is 2.41. The van der Waals surface area contributed by atoms with Crippen molar-refractivity contribution in [2.24, 2.45) is 5.73 Å². The standard InChI is InChI=1S/C11H8N4O2/c12-11(16)9-5-4-8(17-9)10-7-3-1-2-6-15(7)14-13-10/h1-6H,(H2,12,16). The minimum atomic E-state index is -0.604. The van der Waals surface area contributed by atoms with E-state index in [1.54, 1.807) is 16.8 Å². The van der Waals surface area contributed by atoms with Crippen molar-refractivity contribution in [1.82, 2.24) is 14.8 Å². The van der Waals surface area contributed by atoms with E-state index in [1.807, 2.05) is 18.2 Å². The summed E-state index contributed by atoms with van der Waals surface area (Å²) < 4.78 is 6.93. The molecule has 3 heterocycles. The van der Waals surface area contributed by atoms with Crippen LogP contribution in [-0.4, -0.2) is 20.7 Å². The molecule has 17 heavy (non-hydrogen) atoms. The second-order valence-corrected chi connectivity index (χ2v) is 3.50. The number of rotatable bonds is 2. The van der Waals surface area contributed by atoms with Gasteiger partial charge in [0.1, 0.15) is 0 Å². The van der Waals surface area contributed by atoms with Crippen LogP contribution in [0, 0.1) is 0 Å². The minimum absolute atomic E-state index is 0.108. The SMILES string of the molecule is NC(=O)c1ccc(-c2nnn3ccccc23)o1. The molecule has 0 spiro atoms. The Bertz CT molecular complexity index is 698. The van der Waals surface area contributed by atoms with Gasteiger partial charge in [-0.1, -0.05) is 11.3 Å². The number of amides is 1. The largest absolute Gasteiger partial charge is 0.449 e. The van der Waals surface area contributed by atoms with E-state index in [0.29, 0.717) is 11.5 Å². The molecule has 0 aliphatic heterocycles. The van der Waals surface area contributed by atoms with Gasteiger partial charge >= 0.3 is 0 Å². The van der Waals surface area contributed by atoms with Gasteiger partial charge in [-0.2, -0.15) is 0 Å². The van der Waals surface area contributed by atoms with Crippen LogP contribution in [0.5, 0.6) is 0 Å². The zero-order chi connectivity index (χ0) is 11.8. The van der Waals surface area contributed by atoms with Crippen molar-refractivity contribution in [2.75, 3.05) is 0 Å². The highest BCUT2D eigenvalue weighted by atomic mass is 16.4. The van der Waals surface area contributed by atoms with Crippen LogP contribution in [0.2, 0.25) is 0 Å². The van der Waals surface area contributed by atoms with Gasteiger partial charge < -0.3 is 10.2 Å².